The van der Waals surface area contributed by atoms with E-state index in [4.69, 9.17) is 16.3 Å². The van der Waals surface area contributed by atoms with Gasteiger partial charge < -0.3 is 4.74 Å². The van der Waals surface area contributed by atoms with Gasteiger partial charge in [0.1, 0.15) is 6.10 Å². The Balaban J connectivity index is 2.72. The number of rotatable bonds is 4. The maximum Gasteiger partial charge on any atom is 0.330 e. The van der Waals surface area contributed by atoms with Gasteiger partial charge in [0, 0.05) is 6.08 Å². The third kappa shape index (κ3) is 2.89. The lowest BCUT2D eigenvalue weighted by molar-refractivity contribution is -0.142. The van der Waals surface area contributed by atoms with Crippen LogP contribution in [0.1, 0.15) is 11.7 Å². The lowest BCUT2D eigenvalue weighted by Gasteiger charge is -2.13. The number of ether oxygens (including phenoxy) is 1. The maximum atomic E-state index is 11.0. The largest absolute Gasteiger partial charge is 0.453 e. The van der Waals surface area contributed by atoms with Crippen molar-refractivity contribution in [2.24, 2.45) is 0 Å². The topological polar surface area (TPSA) is 26.3 Å². The smallest absolute Gasteiger partial charge is 0.330 e. The molecule has 1 rings (SSSR count). The van der Waals surface area contributed by atoms with E-state index in [2.05, 4.69) is 6.58 Å². The van der Waals surface area contributed by atoms with Crippen molar-refractivity contribution in [1.82, 2.24) is 0 Å². The minimum Gasteiger partial charge on any atom is -0.453 e. The monoisotopic (exact) mass is 210 g/mol. The molecule has 3 heteroatoms. The molecule has 14 heavy (non-hydrogen) atoms. The van der Waals surface area contributed by atoms with Crippen molar-refractivity contribution < 1.29 is 9.53 Å². The van der Waals surface area contributed by atoms with Gasteiger partial charge in [-0.2, -0.15) is 0 Å². The van der Waals surface area contributed by atoms with Crippen molar-refractivity contribution in [2.75, 3.05) is 5.88 Å². The normalized spacial score (nSPS) is 11.8. The molecular weight excluding hydrogens is 200 g/mol. The molecule has 0 aliphatic rings. The predicted octanol–water partition coefficient (Wildman–Crippen LogP) is 2.70. The van der Waals surface area contributed by atoms with E-state index < -0.39 is 12.1 Å². The fourth-order valence-corrected chi connectivity index (χ4v) is 1.29. The van der Waals surface area contributed by atoms with Crippen LogP contribution in [-0.4, -0.2) is 11.8 Å². The SMILES string of the molecule is C=CC(=O)OC(CCl)c1ccccc1. The molecule has 1 unspecified atom stereocenters. The Morgan fingerprint density at radius 3 is 2.64 bits per heavy atom. The highest BCUT2D eigenvalue weighted by molar-refractivity contribution is 6.18. The second kappa shape index (κ2) is 5.45. The van der Waals surface area contributed by atoms with E-state index in [9.17, 15) is 4.79 Å². The highest BCUT2D eigenvalue weighted by atomic mass is 35.5. The van der Waals surface area contributed by atoms with E-state index >= 15 is 0 Å². The van der Waals surface area contributed by atoms with Gasteiger partial charge in [-0.05, 0) is 5.56 Å². The molecule has 0 heterocycles. The third-order valence-electron chi connectivity index (χ3n) is 1.74. The summed E-state index contributed by atoms with van der Waals surface area (Å²) < 4.78 is 5.05. The molecule has 0 aliphatic carbocycles. The zero-order chi connectivity index (χ0) is 10.4. The average molecular weight is 211 g/mol. The molecule has 1 aromatic carbocycles. The van der Waals surface area contributed by atoms with E-state index in [0.717, 1.165) is 11.6 Å². The second-order valence-electron chi connectivity index (χ2n) is 2.69. The number of hydrogen-bond donors (Lipinski definition) is 0. The Bertz CT molecular complexity index is 308. The molecule has 0 aliphatic heterocycles. The average Bonchev–Trinajstić information content (AvgIpc) is 2.26. The van der Waals surface area contributed by atoms with Gasteiger partial charge in [0.25, 0.3) is 0 Å². The molecule has 1 aromatic rings. The van der Waals surface area contributed by atoms with E-state index in [-0.39, 0.29) is 5.88 Å². The molecule has 0 aromatic heterocycles. The molecular formula is C11H11ClO2. The zero-order valence-electron chi connectivity index (χ0n) is 7.65. The summed E-state index contributed by atoms with van der Waals surface area (Å²) in [6.45, 7) is 3.32. The van der Waals surface area contributed by atoms with E-state index in [1.165, 1.54) is 0 Å². The number of esters is 1. The zero-order valence-corrected chi connectivity index (χ0v) is 8.41. The fraction of sp³-hybridized carbons (Fsp3) is 0.182. The third-order valence-corrected chi connectivity index (χ3v) is 2.02. The van der Waals surface area contributed by atoms with Crippen LogP contribution in [0.15, 0.2) is 43.0 Å². The van der Waals surface area contributed by atoms with Crippen LogP contribution in [0.2, 0.25) is 0 Å². The molecule has 0 radical (unpaired) electrons. The van der Waals surface area contributed by atoms with Gasteiger partial charge >= 0.3 is 5.97 Å². The first-order chi connectivity index (χ1) is 6.77. The van der Waals surface area contributed by atoms with Gasteiger partial charge in [-0.25, -0.2) is 4.79 Å². The van der Waals surface area contributed by atoms with E-state index in [1.54, 1.807) is 0 Å². The summed E-state index contributed by atoms with van der Waals surface area (Å²) in [5.74, 6) is -0.219. The van der Waals surface area contributed by atoms with Crippen LogP contribution in [0, 0.1) is 0 Å². The number of carbonyl (C=O) groups is 1. The van der Waals surface area contributed by atoms with Crippen molar-refractivity contribution in [2.45, 2.75) is 6.10 Å². The molecule has 0 bridgehead atoms. The fourth-order valence-electron chi connectivity index (χ4n) is 1.04. The van der Waals surface area contributed by atoms with Gasteiger partial charge in [0.2, 0.25) is 0 Å². The molecule has 0 N–H and O–H groups in total. The van der Waals surface area contributed by atoms with Crippen molar-refractivity contribution in [3.63, 3.8) is 0 Å². The number of alkyl halides is 1. The van der Waals surface area contributed by atoms with Crippen LogP contribution in [0.4, 0.5) is 0 Å². The van der Waals surface area contributed by atoms with E-state index in [1.807, 2.05) is 30.3 Å². The van der Waals surface area contributed by atoms with Gasteiger partial charge in [0.05, 0.1) is 5.88 Å². The molecule has 0 amide bonds. The highest BCUT2D eigenvalue weighted by Gasteiger charge is 2.12. The summed E-state index contributed by atoms with van der Waals surface area (Å²) in [6.07, 6.45) is 0.728. The quantitative estimate of drug-likeness (QED) is 0.434. The van der Waals surface area contributed by atoms with Crippen molar-refractivity contribution in [1.29, 1.82) is 0 Å². The summed E-state index contributed by atoms with van der Waals surface area (Å²) in [5.41, 5.74) is 0.887. The van der Waals surface area contributed by atoms with Gasteiger partial charge in [-0.1, -0.05) is 36.9 Å². The van der Waals surface area contributed by atoms with Crippen LogP contribution in [0.3, 0.4) is 0 Å². The van der Waals surface area contributed by atoms with Gasteiger partial charge in [-0.15, -0.1) is 11.6 Å². The number of hydrogen-bond acceptors (Lipinski definition) is 2. The van der Waals surface area contributed by atoms with Crippen molar-refractivity contribution in [3.05, 3.63) is 48.6 Å². The summed E-state index contributed by atoms with van der Waals surface area (Å²) in [5, 5.41) is 0. The number of benzene rings is 1. The second-order valence-corrected chi connectivity index (χ2v) is 3.00. The number of carbonyl (C=O) groups excluding carboxylic acids is 1. The Labute approximate surface area is 88.1 Å². The molecule has 1 atom stereocenters. The predicted molar refractivity (Wildman–Crippen MR) is 56.2 cm³/mol. The van der Waals surface area contributed by atoms with Crippen LogP contribution >= 0.6 is 11.6 Å². The van der Waals surface area contributed by atoms with E-state index in [0.29, 0.717) is 0 Å². The van der Waals surface area contributed by atoms with Gasteiger partial charge in [-0.3, -0.25) is 0 Å². The van der Waals surface area contributed by atoms with Crippen LogP contribution in [-0.2, 0) is 9.53 Å². The van der Waals surface area contributed by atoms with Crippen LogP contribution < -0.4 is 0 Å². The first-order valence-electron chi connectivity index (χ1n) is 4.22. The molecule has 0 spiro atoms. The Morgan fingerprint density at radius 1 is 1.50 bits per heavy atom. The Kier molecular flexibility index (Phi) is 4.20. The summed E-state index contributed by atoms with van der Waals surface area (Å²) in [6, 6.07) is 9.37. The summed E-state index contributed by atoms with van der Waals surface area (Å²) >= 11 is 5.69. The first-order valence-corrected chi connectivity index (χ1v) is 4.75. The lowest BCUT2D eigenvalue weighted by Crippen LogP contribution is -2.10. The summed E-state index contributed by atoms with van der Waals surface area (Å²) in [4.78, 5) is 11.0. The highest BCUT2D eigenvalue weighted by Crippen LogP contribution is 2.18. The van der Waals surface area contributed by atoms with Crippen molar-refractivity contribution >= 4 is 17.6 Å². The first kappa shape index (κ1) is 10.8. The lowest BCUT2D eigenvalue weighted by atomic mass is 10.1. The molecule has 0 saturated carbocycles. The molecule has 0 saturated heterocycles. The molecule has 2 nitrogen and oxygen atoms in total. The van der Waals surface area contributed by atoms with Crippen LogP contribution in [0.25, 0.3) is 0 Å². The minimum absolute atomic E-state index is 0.240. The standard InChI is InChI=1S/C11H11ClO2/c1-2-11(13)14-10(8-12)9-6-4-3-5-7-9/h2-7,10H,1,8H2. The van der Waals surface area contributed by atoms with Gasteiger partial charge in [0.15, 0.2) is 0 Å². The van der Waals surface area contributed by atoms with Crippen LogP contribution in [0.5, 0.6) is 0 Å². The molecule has 74 valence electrons. The Hall–Kier alpha value is -1.28. The number of halogens is 1. The van der Waals surface area contributed by atoms with Crippen molar-refractivity contribution in [3.8, 4) is 0 Å². The Morgan fingerprint density at radius 2 is 2.14 bits per heavy atom. The molecule has 0 fully saturated rings. The summed E-state index contributed by atoms with van der Waals surface area (Å²) in [7, 11) is 0. The minimum atomic E-state index is -0.459. The maximum absolute atomic E-state index is 11.0.